The molecule has 0 rings (SSSR count). The van der Waals surface area contributed by atoms with Crippen LogP contribution in [0.2, 0.25) is 0 Å². The normalized spacial score (nSPS) is 12.4. The molecule has 0 saturated heterocycles. The average Bonchev–Trinajstić information content (AvgIpc) is 3.31. The van der Waals surface area contributed by atoms with E-state index in [-0.39, 0.29) is 30.1 Å². The molecule has 0 spiro atoms. The highest BCUT2D eigenvalue weighted by Crippen LogP contribution is 2.20. The summed E-state index contributed by atoms with van der Waals surface area (Å²) in [5, 5.41) is 2.58. The molecule has 67 heavy (non-hydrogen) atoms. The van der Waals surface area contributed by atoms with E-state index in [4.69, 9.17) is 9.47 Å². The third-order valence-corrected chi connectivity index (χ3v) is 13.0. The molecular weight excluding hydrogens is 829 g/mol. The zero-order valence-corrected chi connectivity index (χ0v) is 46.1. The van der Waals surface area contributed by atoms with Crippen LogP contribution in [0.1, 0.15) is 304 Å². The summed E-state index contributed by atoms with van der Waals surface area (Å²) in [6, 6.07) is 0. The Bertz CT molecular complexity index is 1020. The molecule has 0 aromatic carbocycles. The number of amides is 1. The van der Waals surface area contributed by atoms with E-state index >= 15 is 0 Å². The molecule has 1 N–H and O–H groups in total. The molecule has 0 aliphatic rings. The summed E-state index contributed by atoms with van der Waals surface area (Å²) in [4.78, 5) is 38.7. The maximum atomic E-state index is 13.0. The summed E-state index contributed by atoms with van der Waals surface area (Å²) in [6.45, 7) is 10.0. The number of ether oxygens (including phenoxy) is 2. The Kier molecular flexibility index (Phi) is 56.4. The first-order valence-corrected chi connectivity index (χ1v) is 29.3. The van der Waals surface area contributed by atoms with Crippen molar-refractivity contribution in [3.05, 3.63) is 24.3 Å². The fraction of sp³-hybridized carbons (Fsp3) is 0.883. The Hall–Kier alpha value is -2.15. The third kappa shape index (κ3) is 56.3. The molecular formula is C60H116N2O5. The van der Waals surface area contributed by atoms with E-state index < -0.39 is 0 Å². The van der Waals surface area contributed by atoms with Crippen molar-refractivity contribution in [2.75, 3.05) is 27.7 Å². The van der Waals surface area contributed by atoms with Crippen molar-refractivity contribution in [3.63, 3.8) is 0 Å². The highest BCUT2D eigenvalue weighted by Gasteiger charge is 2.17. The fourth-order valence-corrected chi connectivity index (χ4v) is 8.56. The molecule has 0 fully saturated rings. The Morgan fingerprint density at radius 3 is 1.03 bits per heavy atom. The second-order valence-electron chi connectivity index (χ2n) is 20.1. The molecule has 7 nitrogen and oxygen atoms in total. The van der Waals surface area contributed by atoms with E-state index in [0.29, 0.717) is 25.7 Å². The van der Waals surface area contributed by atoms with Gasteiger partial charge in [-0.1, -0.05) is 219 Å². The summed E-state index contributed by atoms with van der Waals surface area (Å²) in [5.41, 5.74) is 0. The second-order valence-corrected chi connectivity index (χ2v) is 20.1. The Labute approximate surface area is 418 Å². The Balaban J connectivity index is 0. The van der Waals surface area contributed by atoms with Gasteiger partial charge in [0.1, 0.15) is 12.2 Å². The van der Waals surface area contributed by atoms with Gasteiger partial charge in [-0.3, -0.25) is 14.4 Å². The zero-order valence-electron chi connectivity index (χ0n) is 46.1. The first kappa shape index (κ1) is 66.9. The van der Waals surface area contributed by atoms with Crippen molar-refractivity contribution in [1.29, 1.82) is 0 Å². The number of nitrogens with zero attached hydrogens (tertiary/aromatic N) is 1. The van der Waals surface area contributed by atoms with Gasteiger partial charge < -0.3 is 19.7 Å². The molecule has 0 aliphatic carbocycles. The Morgan fingerprint density at radius 1 is 0.388 bits per heavy atom. The van der Waals surface area contributed by atoms with Gasteiger partial charge in [0.2, 0.25) is 5.91 Å². The summed E-state index contributed by atoms with van der Waals surface area (Å²) in [5.74, 6) is -0.179. The van der Waals surface area contributed by atoms with Gasteiger partial charge >= 0.3 is 11.9 Å². The zero-order chi connectivity index (χ0) is 49.5. The monoisotopic (exact) mass is 945 g/mol. The predicted octanol–water partition coefficient (Wildman–Crippen LogP) is 18.1. The number of allylic oxidation sites excluding steroid dienone is 4. The summed E-state index contributed by atoms with van der Waals surface area (Å²) >= 11 is 0. The molecule has 396 valence electrons. The van der Waals surface area contributed by atoms with Crippen LogP contribution in [0.25, 0.3) is 0 Å². The second kappa shape index (κ2) is 56.4. The van der Waals surface area contributed by atoms with Crippen LogP contribution in [0.4, 0.5) is 0 Å². The average molecular weight is 946 g/mol. The van der Waals surface area contributed by atoms with Gasteiger partial charge in [-0.2, -0.15) is 0 Å². The van der Waals surface area contributed by atoms with Crippen LogP contribution < -0.4 is 5.32 Å². The van der Waals surface area contributed by atoms with Crippen LogP contribution >= 0.6 is 0 Å². The number of carbonyl (C=O) groups is 3. The van der Waals surface area contributed by atoms with Crippen molar-refractivity contribution in [1.82, 2.24) is 10.2 Å². The molecule has 0 aliphatic heterocycles. The van der Waals surface area contributed by atoms with Crippen molar-refractivity contribution in [2.45, 2.75) is 316 Å². The number of nitrogens with one attached hydrogen (secondary N) is 1. The molecule has 2 unspecified atom stereocenters. The van der Waals surface area contributed by atoms with E-state index in [0.717, 1.165) is 77.2 Å². The molecule has 7 heteroatoms. The molecule has 1 amide bonds. The van der Waals surface area contributed by atoms with Crippen LogP contribution in [-0.2, 0) is 23.9 Å². The van der Waals surface area contributed by atoms with Crippen LogP contribution in [0.15, 0.2) is 24.3 Å². The summed E-state index contributed by atoms with van der Waals surface area (Å²) in [7, 11) is 5.67. The van der Waals surface area contributed by atoms with Gasteiger partial charge in [0.25, 0.3) is 0 Å². The van der Waals surface area contributed by atoms with Crippen LogP contribution in [0.5, 0.6) is 0 Å². The van der Waals surface area contributed by atoms with Gasteiger partial charge in [-0.05, 0) is 111 Å². The van der Waals surface area contributed by atoms with Gasteiger partial charge in [0, 0.05) is 26.3 Å². The van der Waals surface area contributed by atoms with Crippen LogP contribution in [0, 0.1) is 0 Å². The van der Waals surface area contributed by atoms with E-state index in [9.17, 15) is 14.4 Å². The number of esters is 2. The standard InChI is InChI=1S/C53H100O4.C7H16N2O/c1-5-9-13-17-21-23-25-27-29-33-37-41-46-50(44-39-35-31-19-15-11-7-3)56-52(54)48-43-49-53(55)57-51(45-40-36-32-20-16-12-8-4)47-42-38-34-30-28-26-24-22-18-14-10-6-2;1-8-7(10)5-4-6-9(2)3/h31-32,35-36,50-51H,5-30,33-34,37-49H2,1-4H3;4-6H2,1-3H3,(H,8,10)/b35-31-,36-32-;. The molecule has 0 bridgehead atoms. The van der Waals surface area contributed by atoms with E-state index in [2.05, 4.69) is 62.2 Å². The van der Waals surface area contributed by atoms with Gasteiger partial charge in [0.15, 0.2) is 0 Å². The molecule has 0 aromatic rings. The lowest BCUT2D eigenvalue weighted by Gasteiger charge is -2.18. The van der Waals surface area contributed by atoms with Gasteiger partial charge in [-0.25, -0.2) is 0 Å². The smallest absolute Gasteiger partial charge is 0.306 e. The highest BCUT2D eigenvalue weighted by atomic mass is 16.5. The molecule has 2 atom stereocenters. The quantitative estimate of drug-likeness (QED) is 0.0372. The number of carbonyl (C=O) groups excluding carboxylic acids is 3. The van der Waals surface area contributed by atoms with Gasteiger partial charge in [0.05, 0.1) is 0 Å². The fourth-order valence-electron chi connectivity index (χ4n) is 8.56. The first-order chi connectivity index (χ1) is 32.7. The highest BCUT2D eigenvalue weighted by molar-refractivity contribution is 5.75. The predicted molar refractivity (Wildman–Crippen MR) is 292 cm³/mol. The number of unbranched alkanes of at least 4 members (excludes halogenated alkanes) is 28. The van der Waals surface area contributed by atoms with E-state index in [1.54, 1.807) is 7.05 Å². The lowest BCUT2D eigenvalue weighted by molar-refractivity contribution is -0.151. The molecule has 0 aromatic heterocycles. The maximum absolute atomic E-state index is 13.0. The Morgan fingerprint density at radius 2 is 0.701 bits per heavy atom. The molecule has 0 saturated carbocycles. The van der Waals surface area contributed by atoms with E-state index in [1.807, 2.05) is 14.1 Å². The minimum Gasteiger partial charge on any atom is -0.462 e. The number of hydrogen-bond donors (Lipinski definition) is 1. The SMILES string of the molecule is CCCCC/C=C\CCC(CCCCCCCCCCCCCC)OC(=O)CCCC(=O)OC(CC/C=C\CCCCC)CCCCCCCCCCCCCC.CNC(=O)CCCN(C)C. The van der Waals surface area contributed by atoms with Crippen molar-refractivity contribution in [2.24, 2.45) is 0 Å². The molecule has 0 radical (unpaired) electrons. The summed E-state index contributed by atoms with van der Waals surface area (Å²) in [6.07, 6.45) is 59.2. The number of rotatable bonds is 50. The van der Waals surface area contributed by atoms with Crippen molar-refractivity contribution >= 4 is 17.8 Å². The third-order valence-electron chi connectivity index (χ3n) is 13.0. The minimum atomic E-state index is -0.153. The maximum Gasteiger partial charge on any atom is 0.306 e. The molecule has 0 heterocycles. The van der Waals surface area contributed by atoms with Crippen LogP contribution in [-0.4, -0.2) is 62.6 Å². The lowest BCUT2D eigenvalue weighted by atomic mass is 10.0. The van der Waals surface area contributed by atoms with Gasteiger partial charge in [-0.15, -0.1) is 0 Å². The van der Waals surface area contributed by atoms with E-state index in [1.165, 1.54) is 180 Å². The van der Waals surface area contributed by atoms with Crippen LogP contribution in [0.3, 0.4) is 0 Å². The lowest BCUT2D eigenvalue weighted by Crippen LogP contribution is -2.20. The minimum absolute atomic E-state index is 0.0252. The van der Waals surface area contributed by atoms with Crippen molar-refractivity contribution < 1.29 is 23.9 Å². The number of hydrogen-bond acceptors (Lipinski definition) is 6. The van der Waals surface area contributed by atoms with Crippen molar-refractivity contribution in [3.8, 4) is 0 Å². The summed E-state index contributed by atoms with van der Waals surface area (Å²) < 4.78 is 12.1. The topological polar surface area (TPSA) is 84.9 Å². The largest absolute Gasteiger partial charge is 0.462 e. The first-order valence-electron chi connectivity index (χ1n) is 29.3.